The van der Waals surface area contributed by atoms with Crippen LogP contribution >= 0.6 is 0 Å². The number of hydrogen-bond acceptors (Lipinski definition) is 3. The number of rotatable bonds is 7. The van der Waals surface area contributed by atoms with Crippen molar-refractivity contribution in [3.8, 4) is 0 Å². The average Bonchev–Trinajstić information content (AvgIpc) is 3.29. The lowest BCUT2D eigenvalue weighted by molar-refractivity contribution is -0.138. The molecule has 2 aromatic carbocycles. The third kappa shape index (κ3) is 6.23. The maximum atomic E-state index is 13.1. The van der Waals surface area contributed by atoms with Crippen LogP contribution in [0.2, 0.25) is 0 Å². The lowest BCUT2D eigenvalue weighted by Crippen LogP contribution is -2.46. The molecule has 2 aliphatic rings. The molecule has 0 aromatic heterocycles. The van der Waals surface area contributed by atoms with E-state index in [2.05, 4.69) is 42.3 Å². The van der Waals surface area contributed by atoms with Gasteiger partial charge in [0.1, 0.15) is 6.04 Å². The summed E-state index contributed by atoms with van der Waals surface area (Å²) in [5, 5.41) is 3.13. The van der Waals surface area contributed by atoms with Crippen molar-refractivity contribution in [3.05, 3.63) is 71.3 Å². The molecule has 0 saturated carbocycles. The van der Waals surface area contributed by atoms with Gasteiger partial charge in [-0.3, -0.25) is 14.5 Å². The van der Waals surface area contributed by atoms with Crippen molar-refractivity contribution in [2.75, 3.05) is 19.6 Å². The largest absolute Gasteiger partial charge is 0.350 e. The van der Waals surface area contributed by atoms with Gasteiger partial charge in [0.25, 0.3) is 0 Å². The van der Waals surface area contributed by atoms with E-state index in [0.29, 0.717) is 19.5 Å². The quantitative estimate of drug-likeness (QED) is 0.698. The lowest BCUT2D eigenvalue weighted by atomic mass is 9.91. The fourth-order valence-corrected chi connectivity index (χ4v) is 5.56. The molecule has 2 aromatic rings. The SMILES string of the molecule is CC1CC(C)CN(Cc2ccccc2CNC(=O)C2CCCN2C(=O)Cc2ccccc2)C1. The second kappa shape index (κ2) is 11.0. The number of nitrogens with zero attached hydrogens (tertiary/aromatic N) is 2. The summed E-state index contributed by atoms with van der Waals surface area (Å²) in [6.07, 6.45) is 3.26. The lowest BCUT2D eigenvalue weighted by Gasteiger charge is -2.35. The average molecular weight is 448 g/mol. The predicted octanol–water partition coefficient (Wildman–Crippen LogP) is 4.01. The smallest absolute Gasteiger partial charge is 0.243 e. The van der Waals surface area contributed by atoms with Gasteiger partial charge in [-0.15, -0.1) is 0 Å². The Hall–Kier alpha value is -2.66. The monoisotopic (exact) mass is 447 g/mol. The number of amides is 2. The minimum absolute atomic E-state index is 0.0348. The van der Waals surface area contributed by atoms with E-state index in [1.807, 2.05) is 36.4 Å². The van der Waals surface area contributed by atoms with Crippen molar-refractivity contribution < 1.29 is 9.59 Å². The van der Waals surface area contributed by atoms with Gasteiger partial charge >= 0.3 is 0 Å². The molecule has 2 aliphatic heterocycles. The molecule has 5 nitrogen and oxygen atoms in total. The van der Waals surface area contributed by atoms with Crippen LogP contribution in [-0.4, -0.2) is 47.3 Å². The molecule has 0 spiro atoms. The van der Waals surface area contributed by atoms with E-state index >= 15 is 0 Å². The Labute approximate surface area is 198 Å². The van der Waals surface area contributed by atoms with Crippen LogP contribution in [0.1, 0.15) is 49.8 Å². The van der Waals surface area contributed by atoms with Crippen LogP contribution in [0.15, 0.2) is 54.6 Å². The van der Waals surface area contributed by atoms with Gasteiger partial charge in [0.15, 0.2) is 0 Å². The first-order valence-electron chi connectivity index (χ1n) is 12.4. The maximum absolute atomic E-state index is 13.1. The zero-order chi connectivity index (χ0) is 23.2. The molecule has 2 heterocycles. The highest BCUT2D eigenvalue weighted by Crippen LogP contribution is 2.24. The zero-order valence-electron chi connectivity index (χ0n) is 20.0. The van der Waals surface area contributed by atoms with Crippen LogP contribution in [0, 0.1) is 11.8 Å². The minimum atomic E-state index is -0.364. The molecule has 2 saturated heterocycles. The molecule has 5 heteroatoms. The van der Waals surface area contributed by atoms with Gasteiger partial charge in [0.2, 0.25) is 11.8 Å². The number of carbonyl (C=O) groups excluding carboxylic acids is 2. The highest BCUT2D eigenvalue weighted by molar-refractivity contribution is 5.89. The fraction of sp³-hybridized carbons (Fsp3) is 0.500. The first-order chi connectivity index (χ1) is 16.0. The number of hydrogen-bond donors (Lipinski definition) is 1. The van der Waals surface area contributed by atoms with Crippen LogP contribution in [0.5, 0.6) is 0 Å². The maximum Gasteiger partial charge on any atom is 0.243 e. The topological polar surface area (TPSA) is 52.7 Å². The molecule has 0 bridgehead atoms. The Morgan fingerprint density at radius 1 is 0.939 bits per heavy atom. The number of benzene rings is 2. The summed E-state index contributed by atoms with van der Waals surface area (Å²) in [6.45, 7) is 9.02. The highest BCUT2D eigenvalue weighted by atomic mass is 16.2. The second-order valence-electron chi connectivity index (χ2n) is 10.0. The van der Waals surface area contributed by atoms with Crippen molar-refractivity contribution in [2.45, 2.75) is 58.7 Å². The van der Waals surface area contributed by atoms with E-state index in [0.717, 1.165) is 55.4 Å². The summed E-state index contributed by atoms with van der Waals surface area (Å²) in [6, 6.07) is 17.8. The summed E-state index contributed by atoms with van der Waals surface area (Å²) >= 11 is 0. The summed E-state index contributed by atoms with van der Waals surface area (Å²) in [5.74, 6) is 1.45. The number of likely N-dealkylation sites (tertiary alicyclic amines) is 2. The highest BCUT2D eigenvalue weighted by Gasteiger charge is 2.33. The molecule has 33 heavy (non-hydrogen) atoms. The van der Waals surface area contributed by atoms with E-state index in [1.165, 1.54) is 12.0 Å². The molecule has 3 atom stereocenters. The van der Waals surface area contributed by atoms with Crippen molar-refractivity contribution in [1.29, 1.82) is 0 Å². The molecule has 1 N–H and O–H groups in total. The Morgan fingerprint density at radius 2 is 1.61 bits per heavy atom. The van der Waals surface area contributed by atoms with Crippen LogP contribution in [-0.2, 0) is 29.1 Å². The Kier molecular flexibility index (Phi) is 7.81. The summed E-state index contributed by atoms with van der Waals surface area (Å²) in [5.41, 5.74) is 3.43. The second-order valence-corrected chi connectivity index (χ2v) is 10.0. The van der Waals surface area contributed by atoms with Crippen molar-refractivity contribution in [2.24, 2.45) is 11.8 Å². The first-order valence-corrected chi connectivity index (χ1v) is 12.4. The van der Waals surface area contributed by atoms with Gasteiger partial charge in [0.05, 0.1) is 6.42 Å². The molecule has 3 unspecified atom stereocenters. The van der Waals surface area contributed by atoms with E-state index in [9.17, 15) is 9.59 Å². The van der Waals surface area contributed by atoms with E-state index in [-0.39, 0.29) is 17.9 Å². The standard InChI is InChI=1S/C28H37N3O2/c1-21-15-22(2)19-30(18-21)20-25-12-7-6-11-24(25)17-29-28(33)26-13-8-14-31(26)27(32)16-23-9-4-3-5-10-23/h3-7,9-12,21-22,26H,8,13-20H2,1-2H3,(H,29,33). The van der Waals surface area contributed by atoms with Gasteiger partial charge in [-0.1, -0.05) is 68.4 Å². The fourth-order valence-electron chi connectivity index (χ4n) is 5.56. The third-order valence-corrected chi connectivity index (χ3v) is 6.98. The number of carbonyl (C=O) groups is 2. The van der Waals surface area contributed by atoms with Crippen LogP contribution in [0.4, 0.5) is 0 Å². The Bertz CT molecular complexity index is 935. The van der Waals surface area contributed by atoms with Crippen LogP contribution in [0.25, 0.3) is 0 Å². The van der Waals surface area contributed by atoms with Crippen LogP contribution < -0.4 is 5.32 Å². The van der Waals surface area contributed by atoms with Crippen molar-refractivity contribution in [3.63, 3.8) is 0 Å². The van der Waals surface area contributed by atoms with E-state index < -0.39 is 0 Å². The normalized spacial score (nSPS) is 23.5. The van der Waals surface area contributed by atoms with Gasteiger partial charge in [-0.2, -0.15) is 0 Å². The predicted molar refractivity (Wildman–Crippen MR) is 131 cm³/mol. The Morgan fingerprint density at radius 3 is 2.33 bits per heavy atom. The molecular formula is C28H37N3O2. The summed E-state index contributed by atoms with van der Waals surface area (Å²) in [4.78, 5) is 30.2. The first kappa shape index (κ1) is 23.5. The van der Waals surface area contributed by atoms with E-state index in [4.69, 9.17) is 0 Å². The Balaban J connectivity index is 1.35. The van der Waals surface area contributed by atoms with E-state index in [1.54, 1.807) is 4.90 Å². The van der Waals surface area contributed by atoms with Gasteiger partial charge in [0, 0.05) is 32.7 Å². The molecule has 176 valence electrons. The van der Waals surface area contributed by atoms with Gasteiger partial charge < -0.3 is 10.2 Å². The minimum Gasteiger partial charge on any atom is -0.350 e. The number of piperidine rings is 1. The molecule has 0 aliphatic carbocycles. The molecule has 2 fully saturated rings. The van der Waals surface area contributed by atoms with Gasteiger partial charge in [-0.05, 0) is 47.8 Å². The molecule has 0 radical (unpaired) electrons. The van der Waals surface area contributed by atoms with Crippen molar-refractivity contribution in [1.82, 2.24) is 15.1 Å². The third-order valence-electron chi connectivity index (χ3n) is 6.98. The molecular weight excluding hydrogens is 410 g/mol. The zero-order valence-corrected chi connectivity index (χ0v) is 20.0. The van der Waals surface area contributed by atoms with Gasteiger partial charge in [-0.25, -0.2) is 0 Å². The van der Waals surface area contributed by atoms with Crippen molar-refractivity contribution >= 4 is 11.8 Å². The van der Waals surface area contributed by atoms with Crippen LogP contribution in [0.3, 0.4) is 0 Å². The molecule has 2 amide bonds. The summed E-state index contributed by atoms with van der Waals surface area (Å²) in [7, 11) is 0. The summed E-state index contributed by atoms with van der Waals surface area (Å²) < 4.78 is 0. The number of nitrogens with one attached hydrogen (secondary N) is 1. The molecule has 4 rings (SSSR count).